The van der Waals surface area contributed by atoms with Gasteiger partial charge in [0.15, 0.2) is 5.96 Å². The van der Waals surface area contributed by atoms with Crippen molar-refractivity contribution >= 4 is 12.1 Å². The number of hydrogen-bond donors (Lipinski definition) is 2. The number of nitrogens with zero attached hydrogens (tertiary/aromatic N) is 2. The third-order valence-electron chi connectivity index (χ3n) is 4.16. The molecule has 0 bridgehead atoms. The highest BCUT2D eigenvalue weighted by Gasteiger charge is 2.37. The third kappa shape index (κ3) is 6.92. The van der Waals surface area contributed by atoms with Crippen LogP contribution in [-0.4, -0.2) is 68.0 Å². The Hall–Kier alpha value is -2.48. The van der Waals surface area contributed by atoms with E-state index in [-0.39, 0.29) is 18.2 Å². The van der Waals surface area contributed by atoms with E-state index in [9.17, 15) is 4.79 Å². The quantitative estimate of drug-likeness (QED) is 0.420. The molecule has 0 spiro atoms. The van der Waals surface area contributed by atoms with E-state index < -0.39 is 5.60 Å². The number of amides is 1. The Morgan fingerprint density at radius 2 is 2.25 bits per heavy atom. The number of aliphatic imine (C=N–C) groups is 1. The molecule has 1 aliphatic heterocycles. The SMILES string of the molecule is C=CCNC(=NCCc1ccco1)NC1CN(C(=O)OC(C)(C)C)C[C@@H]1OC. The molecule has 1 saturated heterocycles. The second kappa shape index (κ2) is 10.2. The van der Waals surface area contributed by atoms with E-state index in [1.54, 1.807) is 24.3 Å². The van der Waals surface area contributed by atoms with Crippen LogP contribution in [0.1, 0.15) is 26.5 Å². The van der Waals surface area contributed by atoms with Gasteiger partial charge in [-0.25, -0.2) is 4.79 Å². The molecule has 2 atom stereocenters. The number of hydrogen-bond acceptors (Lipinski definition) is 5. The Kier molecular flexibility index (Phi) is 7.92. The van der Waals surface area contributed by atoms with E-state index >= 15 is 0 Å². The van der Waals surface area contributed by atoms with Crippen LogP contribution >= 0.6 is 0 Å². The molecule has 1 aromatic rings. The van der Waals surface area contributed by atoms with Gasteiger partial charge in [0.2, 0.25) is 0 Å². The van der Waals surface area contributed by atoms with Gasteiger partial charge in [-0.3, -0.25) is 4.99 Å². The summed E-state index contributed by atoms with van der Waals surface area (Å²) < 4.78 is 16.4. The fourth-order valence-electron chi connectivity index (χ4n) is 2.86. The first kappa shape index (κ1) is 21.8. The van der Waals surface area contributed by atoms with Crippen LogP contribution in [0.2, 0.25) is 0 Å². The molecule has 28 heavy (non-hydrogen) atoms. The molecule has 1 fully saturated rings. The first-order valence-corrected chi connectivity index (χ1v) is 9.51. The van der Waals surface area contributed by atoms with Crippen molar-refractivity contribution in [2.45, 2.75) is 44.9 Å². The molecule has 156 valence electrons. The highest BCUT2D eigenvalue weighted by atomic mass is 16.6. The van der Waals surface area contributed by atoms with Gasteiger partial charge >= 0.3 is 6.09 Å². The minimum absolute atomic E-state index is 0.0998. The maximum Gasteiger partial charge on any atom is 0.410 e. The van der Waals surface area contributed by atoms with Gasteiger partial charge in [-0.2, -0.15) is 0 Å². The van der Waals surface area contributed by atoms with Crippen LogP contribution < -0.4 is 10.6 Å². The Bertz CT molecular complexity index is 652. The van der Waals surface area contributed by atoms with Crippen LogP contribution in [0, 0.1) is 0 Å². The lowest BCUT2D eigenvalue weighted by Gasteiger charge is -2.24. The van der Waals surface area contributed by atoms with E-state index in [0.29, 0.717) is 38.6 Å². The first-order chi connectivity index (χ1) is 13.3. The number of methoxy groups -OCH3 is 1. The molecule has 2 heterocycles. The van der Waals surface area contributed by atoms with Crippen molar-refractivity contribution < 1.29 is 18.7 Å². The Morgan fingerprint density at radius 3 is 2.86 bits per heavy atom. The second-order valence-electron chi connectivity index (χ2n) is 7.64. The molecule has 0 saturated carbocycles. The Morgan fingerprint density at radius 1 is 1.46 bits per heavy atom. The molecule has 8 nitrogen and oxygen atoms in total. The molecule has 2 N–H and O–H groups in total. The zero-order chi connectivity index (χ0) is 20.6. The van der Waals surface area contributed by atoms with Crippen LogP contribution in [0.3, 0.4) is 0 Å². The minimum atomic E-state index is -0.533. The fraction of sp³-hybridized carbons (Fsp3) is 0.600. The maximum absolute atomic E-state index is 12.4. The Labute approximate surface area is 167 Å². The van der Waals surface area contributed by atoms with Gasteiger partial charge < -0.3 is 29.4 Å². The number of ether oxygens (including phenoxy) is 2. The summed E-state index contributed by atoms with van der Waals surface area (Å²) >= 11 is 0. The van der Waals surface area contributed by atoms with Crippen molar-refractivity contribution in [1.82, 2.24) is 15.5 Å². The largest absolute Gasteiger partial charge is 0.469 e. The van der Waals surface area contributed by atoms with E-state index in [1.807, 2.05) is 32.9 Å². The zero-order valence-corrected chi connectivity index (χ0v) is 17.2. The van der Waals surface area contributed by atoms with Gasteiger partial charge in [-0.05, 0) is 32.9 Å². The highest BCUT2D eigenvalue weighted by Crippen LogP contribution is 2.17. The number of nitrogens with one attached hydrogen (secondary N) is 2. The minimum Gasteiger partial charge on any atom is -0.469 e. The van der Waals surface area contributed by atoms with Crippen LogP contribution in [0.4, 0.5) is 4.79 Å². The molecular weight excluding hydrogens is 360 g/mol. The summed E-state index contributed by atoms with van der Waals surface area (Å²) in [6.07, 6.45) is 3.62. The predicted octanol–water partition coefficient (Wildman–Crippen LogP) is 2.18. The first-order valence-electron chi connectivity index (χ1n) is 9.51. The van der Waals surface area contributed by atoms with Crippen LogP contribution in [-0.2, 0) is 15.9 Å². The molecule has 2 rings (SSSR count). The molecule has 0 radical (unpaired) electrons. The van der Waals surface area contributed by atoms with E-state index in [2.05, 4.69) is 22.2 Å². The van der Waals surface area contributed by atoms with Crippen molar-refractivity contribution in [3.05, 3.63) is 36.8 Å². The standard InChI is InChI=1S/C20H32N4O4/c1-6-10-21-18(22-11-9-15-8-7-12-27-15)23-16-13-24(14-17(16)26-5)19(25)28-20(2,3)4/h6-8,12,16-17H,1,9-11,13-14H2,2-5H3,(H2,21,22,23)/t16?,17-/m0/s1. The van der Waals surface area contributed by atoms with Crippen LogP contribution in [0.25, 0.3) is 0 Å². The smallest absolute Gasteiger partial charge is 0.410 e. The van der Waals surface area contributed by atoms with E-state index in [4.69, 9.17) is 13.9 Å². The topological polar surface area (TPSA) is 88.3 Å². The summed E-state index contributed by atoms with van der Waals surface area (Å²) in [6, 6.07) is 3.69. The lowest BCUT2D eigenvalue weighted by atomic mass is 10.2. The average molecular weight is 393 g/mol. The monoisotopic (exact) mass is 392 g/mol. The van der Waals surface area contributed by atoms with E-state index in [1.165, 1.54) is 0 Å². The number of furan rings is 1. The molecule has 1 unspecified atom stereocenters. The molecule has 1 aromatic heterocycles. The van der Waals surface area contributed by atoms with Crippen molar-refractivity contribution in [3.8, 4) is 0 Å². The molecular formula is C20H32N4O4. The highest BCUT2D eigenvalue weighted by molar-refractivity contribution is 5.80. The molecule has 1 aliphatic rings. The summed E-state index contributed by atoms with van der Waals surface area (Å²) in [7, 11) is 1.64. The van der Waals surface area contributed by atoms with Crippen molar-refractivity contribution in [3.63, 3.8) is 0 Å². The number of carbonyl (C=O) groups excluding carboxylic acids is 1. The van der Waals surface area contributed by atoms with Crippen molar-refractivity contribution in [2.24, 2.45) is 4.99 Å². The Balaban J connectivity index is 1.98. The summed E-state index contributed by atoms with van der Waals surface area (Å²) in [4.78, 5) is 18.6. The third-order valence-corrected chi connectivity index (χ3v) is 4.16. The van der Waals surface area contributed by atoms with Gasteiger partial charge in [0, 0.05) is 33.2 Å². The van der Waals surface area contributed by atoms with Gasteiger partial charge in [-0.15, -0.1) is 6.58 Å². The van der Waals surface area contributed by atoms with Crippen LogP contribution in [0.5, 0.6) is 0 Å². The van der Waals surface area contributed by atoms with Gasteiger partial charge in [-0.1, -0.05) is 6.08 Å². The maximum atomic E-state index is 12.4. The predicted molar refractivity (Wildman–Crippen MR) is 108 cm³/mol. The zero-order valence-electron chi connectivity index (χ0n) is 17.2. The van der Waals surface area contributed by atoms with E-state index in [0.717, 1.165) is 5.76 Å². The summed E-state index contributed by atoms with van der Waals surface area (Å²) in [5.41, 5.74) is -0.533. The molecule has 0 aromatic carbocycles. The number of carbonyl (C=O) groups is 1. The summed E-state index contributed by atoms with van der Waals surface area (Å²) in [5, 5.41) is 6.57. The number of likely N-dealkylation sites (tertiary alicyclic amines) is 1. The fourth-order valence-corrected chi connectivity index (χ4v) is 2.86. The van der Waals surface area contributed by atoms with Crippen molar-refractivity contribution in [1.29, 1.82) is 0 Å². The van der Waals surface area contributed by atoms with Gasteiger partial charge in [0.05, 0.1) is 25.0 Å². The van der Waals surface area contributed by atoms with Gasteiger partial charge in [0.25, 0.3) is 0 Å². The average Bonchev–Trinajstić information content (AvgIpc) is 3.27. The van der Waals surface area contributed by atoms with Crippen molar-refractivity contribution in [2.75, 3.05) is 33.3 Å². The lowest BCUT2D eigenvalue weighted by molar-refractivity contribution is 0.0252. The van der Waals surface area contributed by atoms with Crippen LogP contribution in [0.15, 0.2) is 40.5 Å². The normalized spacial score (nSPS) is 20.1. The summed E-state index contributed by atoms with van der Waals surface area (Å²) in [5.74, 6) is 1.53. The van der Waals surface area contributed by atoms with Gasteiger partial charge in [0.1, 0.15) is 11.4 Å². The molecule has 1 amide bonds. The number of rotatable bonds is 7. The number of guanidine groups is 1. The second-order valence-corrected chi connectivity index (χ2v) is 7.64. The molecule has 0 aliphatic carbocycles. The molecule has 8 heteroatoms. The summed E-state index contributed by atoms with van der Waals surface area (Å²) in [6.45, 7) is 11.4. The lowest BCUT2D eigenvalue weighted by Crippen LogP contribution is -2.49.